The molecule has 0 spiro atoms. The number of hydrogen-bond acceptors (Lipinski definition) is 2. The Kier molecular flexibility index (Phi) is 5.02. The number of likely N-dealkylation sites (tertiary alicyclic amines) is 1. The molecule has 1 N–H and O–H groups in total. The van der Waals surface area contributed by atoms with E-state index < -0.39 is 5.97 Å². The van der Waals surface area contributed by atoms with E-state index in [2.05, 4.69) is 34.8 Å². The van der Waals surface area contributed by atoms with Gasteiger partial charge in [0.05, 0.1) is 0 Å². The van der Waals surface area contributed by atoms with Crippen molar-refractivity contribution >= 4 is 5.97 Å². The average Bonchev–Trinajstić information content (AvgIpc) is 2.75. The van der Waals surface area contributed by atoms with Gasteiger partial charge in [-0.05, 0) is 56.8 Å². The van der Waals surface area contributed by atoms with Gasteiger partial charge in [-0.2, -0.15) is 0 Å². The van der Waals surface area contributed by atoms with Crippen LogP contribution in [0, 0.1) is 5.92 Å². The quantitative estimate of drug-likeness (QED) is 0.856. The highest BCUT2D eigenvalue weighted by Gasteiger charge is 2.21. The zero-order valence-electron chi connectivity index (χ0n) is 11.7. The molecule has 19 heavy (non-hydrogen) atoms. The SMILES string of the molecule is Cn1cccc1CCCN1CCCC(CC(=O)O)C1. The smallest absolute Gasteiger partial charge is 0.303 e. The van der Waals surface area contributed by atoms with Crippen molar-refractivity contribution in [3.8, 4) is 0 Å². The zero-order valence-corrected chi connectivity index (χ0v) is 11.7. The van der Waals surface area contributed by atoms with E-state index in [1.807, 2.05) is 0 Å². The van der Waals surface area contributed by atoms with Gasteiger partial charge in [-0.15, -0.1) is 0 Å². The molecule has 2 rings (SSSR count). The molecule has 1 aliphatic heterocycles. The fourth-order valence-corrected chi connectivity index (χ4v) is 3.01. The van der Waals surface area contributed by atoms with Gasteiger partial charge in [0.2, 0.25) is 0 Å². The molecule has 106 valence electrons. The summed E-state index contributed by atoms with van der Waals surface area (Å²) in [5.74, 6) is -0.308. The number of carboxylic acids is 1. The highest BCUT2D eigenvalue weighted by atomic mass is 16.4. The lowest BCUT2D eigenvalue weighted by Crippen LogP contribution is -2.37. The van der Waals surface area contributed by atoms with Crippen LogP contribution in [-0.2, 0) is 18.3 Å². The number of carbonyl (C=O) groups is 1. The molecular weight excluding hydrogens is 240 g/mol. The van der Waals surface area contributed by atoms with E-state index >= 15 is 0 Å². The molecule has 0 saturated carbocycles. The van der Waals surface area contributed by atoms with E-state index in [9.17, 15) is 4.79 Å². The van der Waals surface area contributed by atoms with Gasteiger partial charge in [-0.3, -0.25) is 4.79 Å². The third kappa shape index (κ3) is 4.39. The zero-order chi connectivity index (χ0) is 13.7. The summed E-state index contributed by atoms with van der Waals surface area (Å²) in [4.78, 5) is 13.2. The molecule has 0 radical (unpaired) electrons. The van der Waals surface area contributed by atoms with E-state index in [0.717, 1.165) is 45.3 Å². The van der Waals surface area contributed by atoms with Crippen molar-refractivity contribution < 1.29 is 9.90 Å². The molecule has 0 amide bonds. The first-order chi connectivity index (χ1) is 9.15. The Morgan fingerprint density at radius 1 is 1.53 bits per heavy atom. The first-order valence-electron chi connectivity index (χ1n) is 7.19. The van der Waals surface area contributed by atoms with E-state index in [-0.39, 0.29) is 0 Å². The fourth-order valence-electron chi connectivity index (χ4n) is 3.01. The lowest BCUT2D eigenvalue weighted by molar-refractivity contribution is -0.138. The Labute approximate surface area is 115 Å². The topological polar surface area (TPSA) is 45.5 Å². The molecule has 2 heterocycles. The van der Waals surface area contributed by atoms with Gasteiger partial charge in [0, 0.05) is 31.9 Å². The summed E-state index contributed by atoms with van der Waals surface area (Å²) in [5.41, 5.74) is 1.37. The second-order valence-corrected chi connectivity index (χ2v) is 5.62. The Bertz CT molecular complexity index is 414. The van der Waals surface area contributed by atoms with Crippen molar-refractivity contribution in [2.75, 3.05) is 19.6 Å². The molecule has 1 fully saturated rings. The average molecular weight is 264 g/mol. The number of nitrogens with zero attached hydrogens (tertiary/aromatic N) is 2. The number of aryl methyl sites for hydroxylation is 2. The summed E-state index contributed by atoms with van der Waals surface area (Å²) in [6, 6.07) is 4.25. The van der Waals surface area contributed by atoms with Crippen molar-refractivity contribution in [1.29, 1.82) is 0 Å². The molecule has 1 aromatic heterocycles. The van der Waals surface area contributed by atoms with Crippen LogP contribution in [0.25, 0.3) is 0 Å². The van der Waals surface area contributed by atoms with Crippen LogP contribution in [0.5, 0.6) is 0 Å². The van der Waals surface area contributed by atoms with Gasteiger partial charge in [0.15, 0.2) is 0 Å². The molecule has 1 aromatic rings. The standard InChI is InChI=1S/C15H24N2O2/c1-16-8-3-6-14(16)7-4-10-17-9-2-5-13(12-17)11-15(18)19/h3,6,8,13H,2,4-5,7,9-12H2,1H3,(H,18,19). The first kappa shape index (κ1) is 14.1. The second kappa shape index (κ2) is 6.75. The van der Waals surface area contributed by atoms with E-state index in [4.69, 9.17) is 5.11 Å². The maximum absolute atomic E-state index is 10.8. The minimum absolute atomic E-state index is 0.328. The molecule has 1 saturated heterocycles. The number of rotatable bonds is 6. The van der Waals surface area contributed by atoms with Gasteiger partial charge in [-0.25, -0.2) is 0 Å². The van der Waals surface area contributed by atoms with Crippen molar-refractivity contribution in [3.63, 3.8) is 0 Å². The minimum atomic E-state index is -0.657. The number of piperidine rings is 1. The van der Waals surface area contributed by atoms with Crippen molar-refractivity contribution in [3.05, 3.63) is 24.0 Å². The minimum Gasteiger partial charge on any atom is -0.481 e. The summed E-state index contributed by atoms with van der Waals surface area (Å²) in [6.07, 6.45) is 6.87. The van der Waals surface area contributed by atoms with Crippen molar-refractivity contribution in [1.82, 2.24) is 9.47 Å². The van der Waals surface area contributed by atoms with E-state index in [1.165, 1.54) is 5.69 Å². The van der Waals surface area contributed by atoms with Gasteiger partial charge < -0.3 is 14.6 Å². The summed E-state index contributed by atoms with van der Waals surface area (Å²) >= 11 is 0. The summed E-state index contributed by atoms with van der Waals surface area (Å²) < 4.78 is 2.17. The number of aliphatic carboxylic acids is 1. The Hall–Kier alpha value is -1.29. The van der Waals surface area contributed by atoms with Gasteiger partial charge >= 0.3 is 5.97 Å². The molecule has 1 unspecified atom stereocenters. The monoisotopic (exact) mass is 264 g/mol. The maximum atomic E-state index is 10.8. The van der Waals surface area contributed by atoms with Gasteiger partial charge in [0.25, 0.3) is 0 Å². The van der Waals surface area contributed by atoms with Crippen LogP contribution in [0.15, 0.2) is 18.3 Å². The second-order valence-electron chi connectivity index (χ2n) is 5.62. The van der Waals surface area contributed by atoms with Crippen molar-refractivity contribution in [2.45, 2.75) is 32.1 Å². The van der Waals surface area contributed by atoms with Crippen LogP contribution in [0.2, 0.25) is 0 Å². The van der Waals surface area contributed by atoms with Crippen LogP contribution in [0.1, 0.15) is 31.4 Å². The van der Waals surface area contributed by atoms with Gasteiger partial charge in [-0.1, -0.05) is 0 Å². The fraction of sp³-hybridized carbons (Fsp3) is 0.667. The normalized spacial score (nSPS) is 20.6. The van der Waals surface area contributed by atoms with E-state index in [0.29, 0.717) is 12.3 Å². The summed E-state index contributed by atoms with van der Waals surface area (Å²) in [7, 11) is 2.08. The number of aromatic nitrogens is 1. The predicted octanol–water partition coefficient (Wildman–Crippen LogP) is 2.14. The van der Waals surface area contributed by atoms with Crippen LogP contribution < -0.4 is 0 Å². The summed E-state index contributed by atoms with van der Waals surface area (Å²) in [6.45, 7) is 3.17. The van der Waals surface area contributed by atoms with Crippen LogP contribution in [0.4, 0.5) is 0 Å². The van der Waals surface area contributed by atoms with E-state index in [1.54, 1.807) is 0 Å². The molecule has 0 aliphatic carbocycles. The maximum Gasteiger partial charge on any atom is 0.303 e. The molecule has 1 atom stereocenters. The summed E-state index contributed by atoms with van der Waals surface area (Å²) in [5, 5.41) is 8.86. The Morgan fingerprint density at radius 3 is 3.05 bits per heavy atom. The lowest BCUT2D eigenvalue weighted by atomic mass is 9.95. The third-order valence-corrected chi connectivity index (χ3v) is 4.02. The number of hydrogen-bond donors (Lipinski definition) is 1. The third-order valence-electron chi connectivity index (χ3n) is 4.02. The highest BCUT2D eigenvalue weighted by Crippen LogP contribution is 2.19. The molecule has 0 aromatic carbocycles. The number of carboxylic acid groups (broad SMARTS) is 1. The molecule has 1 aliphatic rings. The van der Waals surface area contributed by atoms with Crippen molar-refractivity contribution in [2.24, 2.45) is 13.0 Å². The van der Waals surface area contributed by atoms with Gasteiger partial charge in [0.1, 0.15) is 0 Å². The largest absolute Gasteiger partial charge is 0.481 e. The molecule has 4 heteroatoms. The molecule has 0 bridgehead atoms. The van der Waals surface area contributed by atoms with Crippen LogP contribution >= 0.6 is 0 Å². The molecule has 4 nitrogen and oxygen atoms in total. The Balaban J connectivity index is 1.71. The Morgan fingerprint density at radius 2 is 2.37 bits per heavy atom. The lowest BCUT2D eigenvalue weighted by Gasteiger charge is -2.32. The highest BCUT2D eigenvalue weighted by molar-refractivity contribution is 5.67. The first-order valence-corrected chi connectivity index (χ1v) is 7.19. The molecular formula is C15H24N2O2. The van der Waals surface area contributed by atoms with Crippen LogP contribution in [-0.4, -0.2) is 40.2 Å². The predicted molar refractivity (Wildman–Crippen MR) is 75.2 cm³/mol. The van der Waals surface area contributed by atoms with Crippen LogP contribution in [0.3, 0.4) is 0 Å².